The zero-order chi connectivity index (χ0) is 29.5. The molecule has 3 heterocycles. The van der Waals surface area contributed by atoms with Gasteiger partial charge in [0.05, 0.1) is 23.5 Å². The number of alkyl halides is 6. The molecule has 16 heteroatoms. The largest absolute Gasteiger partial charge is 0.416 e. The van der Waals surface area contributed by atoms with Gasteiger partial charge in [-0.15, -0.1) is 0 Å². The summed E-state index contributed by atoms with van der Waals surface area (Å²) in [6, 6.07) is 0.432. The smallest absolute Gasteiger partial charge is 0.339 e. The molecular formula is C24H27F6N5O4S. The van der Waals surface area contributed by atoms with Gasteiger partial charge in [-0.3, -0.25) is 9.59 Å². The fourth-order valence-electron chi connectivity index (χ4n) is 5.22. The van der Waals surface area contributed by atoms with Gasteiger partial charge in [-0.05, 0) is 43.4 Å². The van der Waals surface area contributed by atoms with Crippen molar-refractivity contribution in [3.05, 3.63) is 35.4 Å². The topological polar surface area (TPSA) is 114 Å². The molecule has 4 rings (SSSR count). The maximum atomic E-state index is 13.8. The van der Waals surface area contributed by atoms with Gasteiger partial charge in [0.25, 0.3) is 10.2 Å². The van der Waals surface area contributed by atoms with Crippen molar-refractivity contribution in [1.82, 2.24) is 18.8 Å². The zero-order valence-electron chi connectivity index (χ0n) is 21.1. The van der Waals surface area contributed by atoms with Crippen molar-refractivity contribution in [3.8, 4) is 6.07 Å². The molecule has 0 aromatic heterocycles. The lowest BCUT2D eigenvalue weighted by Gasteiger charge is -2.41. The van der Waals surface area contributed by atoms with E-state index >= 15 is 0 Å². The van der Waals surface area contributed by atoms with E-state index in [4.69, 9.17) is 5.26 Å². The molecular weight excluding hydrogens is 568 g/mol. The Labute approximate surface area is 226 Å². The second kappa shape index (κ2) is 11.2. The molecule has 3 fully saturated rings. The number of nitriles is 1. The molecule has 0 bridgehead atoms. The first kappa shape index (κ1) is 30.1. The van der Waals surface area contributed by atoms with Crippen LogP contribution < -0.4 is 5.32 Å². The summed E-state index contributed by atoms with van der Waals surface area (Å²) in [4.78, 5) is 27.5. The first-order chi connectivity index (χ1) is 18.6. The van der Waals surface area contributed by atoms with Crippen molar-refractivity contribution in [2.24, 2.45) is 11.8 Å². The SMILES string of the molecule is N#CC1CN(S(=O)(=O)N2CCC[C@H](C(=O)N3CCC[C@@H]3C(=O)N[C@H](c3ccc(C(F)(F)F)cc3)C(F)(F)F)C2)C1. The van der Waals surface area contributed by atoms with Crippen LogP contribution in [-0.4, -0.2) is 78.7 Å². The van der Waals surface area contributed by atoms with E-state index in [-0.39, 0.29) is 39.1 Å². The summed E-state index contributed by atoms with van der Waals surface area (Å²) in [6.45, 7) is 0.219. The van der Waals surface area contributed by atoms with Crippen molar-refractivity contribution in [3.63, 3.8) is 0 Å². The van der Waals surface area contributed by atoms with E-state index in [1.165, 1.54) is 0 Å². The average Bonchev–Trinajstić information content (AvgIpc) is 3.35. The number of carbonyl (C=O) groups is 2. The standard InChI is InChI=1S/C24H27F6N5O4S/c25-23(26,27)18-7-5-16(6-8-18)20(24(28,29)30)32-21(36)19-4-2-10-35(19)22(37)17-3-1-9-33(14-17)40(38,39)34-12-15(11-31)13-34/h5-8,15,17,19-20H,1-4,9-10,12-14H2,(H,32,36)/t17-,19+,20+/m0/s1. The van der Waals surface area contributed by atoms with Crippen LogP contribution >= 0.6 is 0 Å². The van der Waals surface area contributed by atoms with Crippen LogP contribution in [0.3, 0.4) is 0 Å². The molecule has 1 aromatic carbocycles. The number of rotatable bonds is 6. The maximum absolute atomic E-state index is 13.8. The maximum Gasteiger partial charge on any atom is 0.416 e. The molecule has 220 valence electrons. The van der Waals surface area contributed by atoms with E-state index in [0.29, 0.717) is 43.5 Å². The first-order valence-electron chi connectivity index (χ1n) is 12.6. The molecule has 1 N–H and O–H groups in total. The predicted molar refractivity (Wildman–Crippen MR) is 127 cm³/mol. The number of carbonyl (C=O) groups excluding carboxylic acids is 2. The Bertz CT molecular complexity index is 1260. The number of nitrogens with zero attached hydrogens (tertiary/aromatic N) is 4. The molecule has 2 amide bonds. The van der Waals surface area contributed by atoms with Crippen molar-refractivity contribution < 1.29 is 44.3 Å². The third-order valence-corrected chi connectivity index (χ3v) is 9.38. The number of hydrogen-bond donors (Lipinski definition) is 1. The van der Waals surface area contributed by atoms with Crippen LogP contribution in [0, 0.1) is 23.2 Å². The highest BCUT2D eigenvalue weighted by Gasteiger charge is 2.47. The van der Waals surface area contributed by atoms with Gasteiger partial charge in [-0.2, -0.15) is 48.6 Å². The Kier molecular flexibility index (Phi) is 8.40. The number of halogens is 6. The summed E-state index contributed by atoms with van der Waals surface area (Å²) in [5.41, 5.74) is -1.74. The molecule has 0 radical (unpaired) electrons. The number of amides is 2. The van der Waals surface area contributed by atoms with Crippen molar-refractivity contribution in [2.45, 2.75) is 50.1 Å². The fraction of sp³-hybridized carbons (Fsp3) is 0.625. The average molecular weight is 596 g/mol. The Hall–Kier alpha value is -2.90. The second-order valence-electron chi connectivity index (χ2n) is 10.1. The third kappa shape index (κ3) is 6.21. The Morgan fingerprint density at radius 2 is 1.57 bits per heavy atom. The van der Waals surface area contributed by atoms with Gasteiger partial charge < -0.3 is 10.2 Å². The highest BCUT2D eigenvalue weighted by Crippen LogP contribution is 2.36. The lowest BCUT2D eigenvalue weighted by Crippen LogP contribution is -2.57. The van der Waals surface area contributed by atoms with Gasteiger partial charge in [-0.1, -0.05) is 12.1 Å². The van der Waals surface area contributed by atoms with E-state index < -0.39 is 69.4 Å². The van der Waals surface area contributed by atoms with E-state index in [9.17, 15) is 44.3 Å². The van der Waals surface area contributed by atoms with Gasteiger partial charge >= 0.3 is 12.4 Å². The summed E-state index contributed by atoms with van der Waals surface area (Å²) in [5.74, 6) is -2.85. The third-order valence-electron chi connectivity index (χ3n) is 7.44. The van der Waals surface area contributed by atoms with Gasteiger partial charge in [0.1, 0.15) is 6.04 Å². The first-order valence-corrected chi connectivity index (χ1v) is 14.0. The summed E-state index contributed by atoms with van der Waals surface area (Å²) >= 11 is 0. The van der Waals surface area contributed by atoms with Crippen LogP contribution in [0.4, 0.5) is 26.3 Å². The van der Waals surface area contributed by atoms with Gasteiger partial charge in [0.2, 0.25) is 11.8 Å². The minimum Gasteiger partial charge on any atom is -0.339 e. The predicted octanol–water partition coefficient (Wildman–Crippen LogP) is 2.83. The number of nitrogens with one attached hydrogen (secondary N) is 1. The normalized spacial score (nSPS) is 24.3. The quantitative estimate of drug-likeness (QED) is 0.509. The lowest BCUT2D eigenvalue weighted by molar-refractivity contribution is -0.165. The molecule has 0 saturated carbocycles. The number of piperidine rings is 1. The minimum atomic E-state index is -5.03. The molecule has 3 aliphatic rings. The molecule has 40 heavy (non-hydrogen) atoms. The van der Waals surface area contributed by atoms with Crippen LogP contribution in [0.15, 0.2) is 24.3 Å². The van der Waals surface area contributed by atoms with Crippen LogP contribution in [-0.2, 0) is 26.0 Å². The molecule has 9 nitrogen and oxygen atoms in total. The van der Waals surface area contributed by atoms with Crippen molar-refractivity contribution >= 4 is 22.0 Å². The highest BCUT2D eigenvalue weighted by atomic mass is 32.2. The second-order valence-corrected chi connectivity index (χ2v) is 12.1. The summed E-state index contributed by atoms with van der Waals surface area (Å²) in [7, 11) is -3.89. The van der Waals surface area contributed by atoms with Crippen molar-refractivity contribution in [1.29, 1.82) is 5.26 Å². The van der Waals surface area contributed by atoms with Crippen LogP contribution in [0.2, 0.25) is 0 Å². The monoisotopic (exact) mass is 595 g/mol. The van der Waals surface area contributed by atoms with Crippen LogP contribution in [0.1, 0.15) is 42.9 Å². The van der Waals surface area contributed by atoms with Gasteiger partial charge in [0.15, 0.2) is 6.04 Å². The van der Waals surface area contributed by atoms with Gasteiger partial charge in [-0.25, -0.2) is 0 Å². The summed E-state index contributed by atoms with van der Waals surface area (Å²) in [5, 5.41) is 10.8. The Morgan fingerprint density at radius 1 is 0.950 bits per heavy atom. The molecule has 3 atom stereocenters. The van der Waals surface area contributed by atoms with E-state index in [0.717, 1.165) is 13.5 Å². The summed E-state index contributed by atoms with van der Waals surface area (Å²) < 4.78 is 108. The Balaban J connectivity index is 1.44. The molecule has 0 unspecified atom stereocenters. The molecule has 0 spiro atoms. The molecule has 1 aromatic rings. The van der Waals surface area contributed by atoms with Crippen LogP contribution in [0.25, 0.3) is 0 Å². The van der Waals surface area contributed by atoms with E-state index in [2.05, 4.69) is 0 Å². The lowest BCUT2D eigenvalue weighted by atomic mass is 9.97. The molecule has 0 aliphatic carbocycles. The van der Waals surface area contributed by atoms with Gasteiger partial charge in [0, 0.05) is 32.7 Å². The minimum absolute atomic E-state index is 0.0572. The molecule has 3 saturated heterocycles. The number of benzene rings is 1. The molecule has 3 aliphatic heterocycles. The fourth-order valence-corrected chi connectivity index (χ4v) is 7.01. The highest BCUT2D eigenvalue weighted by molar-refractivity contribution is 7.86. The number of likely N-dealkylation sites (tertiary alicyclic amines) is 1. The van der Waals surface area contributed by atoms with E-state index in [1.807, 2.05) is 11.4 Å². The van der Waals surface area contributed by atoms with Crippen LogP contribution in [0.5, 0.6) is 0 Å². The Morgan fingerprint density at radius 3 is 2.15 bits per heavy atom. The summed E-state index contributed by atoms with van der Waals surface area (Å²) in [6.07, 6.45) is -8.68. The number of hydrogen-bond acceptors (Lipinski definition) is 5. The van der Waals surface area contributed by atoms with E-state index in [1.54, 1.807) is 0 Å². The zero-order valence-corrected chi connectivity index (χ0v) is 21.9. The van der Waals surface area contributed by atoms with Crippen molar-refractivity contribution in [2.75, 3.05) is 32.7 Å².